The molecule has 140 valence electrons. The minimum atomic E-state index is -0.989. The van der Waals surface area contributed by atoms with Gasteiger partial charge < -0.3 is 9.64 Å². The molecule has 7 heteroatoms. The maximum absolute atomic E-state index is 13.3. The third kappa shape index (κ3) is 4.28. The number of carbonyl (C=O) groups is 2. The van der Waals surface area contributed by atoms with Crippen LogP contribution in [0.25, 0.3) is 10.1 Å². The second-order valence-corrected chi connectivity index (χ2v) is 7.54. The molecular weight excluding hydrogens is 389 g/mol. The van der Waals surface area contributed by atoms with E-state index in [-0.39, 0.29) is 23.1 Å². The maximum Gasteiger partial charge on any atom is 0.350 e. The van der Waals surface area contributed by atoms with Crippen molar-refractivity contribution in [1.82, 2.24) is 4.90 Å². The number of rotatable bonds is 5. The first kappa shape index (κ1) is 19.3. The Morgan fingerprint density at radius 1 is 1.22 bits per heavy atom. The lowest BCUT2D eigenvalue weighted by molar-refractivity contribution is -0.139. The third-order valence-electron chi connectivity index (χ3n) is 4.04. The fourth-order valence-corrected chi connectivity index (χ4v) is 4.10. The van der Waals surface area contributed by atoms with E-state index in [4.69, 9.17) is 16.3 Å². The zero-order valence-corrected chi connectivity index (χ0v) is 16.3. The van der Waals surface area contributed by atoms with Crippen LogP contribution in [0, 0.1) is 5.82 Å². The number of thiophene rings is 1. The molecule has 1 aromatic heterocycles. The van der Waals surface area contributed by atoms with Gasteiger partial charge >= 0.3 is 5.97 Å². The number of hydrogen-bond donors (Lipinski definition) is 0. The number of halogens is 2. The molecule has 1 amide bonds. The molecule has 0 aliphatic heterocycles. The summed E-state index contributed by atoms with van der Waals surface area (Å²) in [6.07, 6.45) is -0.989. The average molecular weight is 406 g/mol. The first-order valence-corrected chi connectivity index (χ1v) is 9.43. The highest BCUT2D eigenvalue weighted by Crippen LogP contribution is 2.35. The van der Waals surface area contributed by atoms with E-state index < -0.39 is 12.1 Å². The van der Waals surface area contributed by atoms with E-state index in [9.17, 15) is 14.0 Å². The zero-order chi connectivity index (χ0) is 19.6. The van der Waals surface area contributed by atoms with Crippen molar-refractivity contribution < 1.29 is 18.7 Å². The molecule has 4 nitrogen and oxygen atoms in total. The van der Waals surface area contributed by atoms with Gasteiger partial charge in [-0.15, -0.1) is 11.3 Å². The van der Waals surface area contributed by atoms with E-state index in [1.165, 1.54) is 35.3 Å². The number of esters is 1. The Balaban J connectivity index is 1.68. The van der Waals surface area contributed by atoms with Crippen LogP contribution in [0.15, 0.2) is 48.5 Å². The van der Waals surface area contributed by atoms with Gasteiger partial charge in [-0.3, -0.25) is 4.79 Å². The van der Waals surface area contributed by atoms with E-state index in [1.807, 2.05) is 24.3 Å². The molecule has 0 aliphatic rings. The zero-order valence-electron chi connectivity index (χ0n) is 14.7. The van der Waals surface area contributed by atoms with Crippen LogP contribution < -0.4 is 0 Å². The highest BCUT2D eigenvalue weighted by Gasteiger charge is 2.25. The Bertz CT molecular complexity index is 1000. The molecule has 0 spiro atoms. The molecule has 0 saturated heterocycles. The van der Waals surface area contributed by atoms with E-state index >= 15 is 0 Å². The Kier molecular flexibility index (Phi) is 5.77. The predicted octanol–water partition coefficient (Wildman–Crippen LogP) is 4.90. The second-order valence-electron chi connectivity index (χ2n) is 6.11. The summed E-state index contributed by atoms with van der Waals surface area (Å²) in [6.45, 7) is 1.71. The van der Waals surface area contributed by atoms with Crippen LogP contribution in [-0.4, -0.2) is 29.9 Å². The number of amides is 1. The van der Waals surface area contributed by atoms with Gasteiger partial charge in [0, 0.05) is 23.7 Å². The fourth-order valence-electron chi connectivity index (χ4n) is 2.71. The fraction of sp³-hybridized carbons (Fsp3) is 0.200. The molecule has 1 heterocycles. The van der Waals surface area contributed by atoms with Crippen LogP contribution in [0.5, 0.6) is 0 Å². The van der Waals surface area contributed by atoms with E-state index in [0.29, 0.717) is 10.6 Å². The summed E-state index contributed by atoms with van der Waals surface area (Å²) in [4.78, 5) is 26.6. The van der Waals surface area contributed by atoms with Crippen molar-refractivity contribution in [2.45, 2.75) is 19.6 Å². The number of likely N-dealkylation sites (N-methyl/N-ethyl adjacent to an activating group) is 1. The number of nitrogens with zero attached hydrogens (tertiary/aromatic N) is 1. The Hall–Kier alpha value is -2.44. The van der Waals surface area contributed by atoms with Crippen molar-refractivity contribution in [3.05, 3.63) is 69.8 Å². The molecule has 1 unspecified atom stereocenters. The Morgan fingerprint density at radius 2 is 1.96 bits per heavy atom. The van der Waals surface area contributed by atoms with Gasteiger partial charge in [0.1, 0.15) is 10.7 Å². The number of benzene rings is 2. The smallest absolute Gasteiger partial charge is 0.350 e. The van der Waals surface area contributed by atoms with E-state index in [0.717, 1.165) is 10.1 Å². The van der Waals surface area contributed by atoms with Gasteiger partial charge in [-0.1, -0.05) is 41.9 Å². The second kappa shape index (κ2) is 8.06. The predicted molar refractivity (Wildman–Crippen MR) is 105 cm³/mol. The summed E-state index contributed by atoms with van der Waals surface area (Å²) in [5, 5.41) is 1.10. The minimum absolute atomic E-state index is 0.210. The lowest BCUT2D eigenvalue weighted by Gasteiger charge is -2.21. The quantitative estimate of drug-likeness (QED) is 0.567. The topological polar surface area (TPSA) is 46.6 Å². The van der Waals surface area contributed by atoms with Gasteiger partial charge in [-0.2, -0.15) is 0 Å². The van der Waals surface area contributed by atoms with Crippen molar-refractivity contribution >= 4 is 44.9 Å². The molecule has 2 aromatic carbocycles. The highest BCUT2D eigenvalue weighted by molar-refractivity contribution is 7.21. The molecule has 0 N–H and O–H groups in total. The molecule has 27 heavy (non-hydrogen) atoms. The molecule has 0 bridgehead atoms. The molecule has 0 saturated carbocycles. The van der Waals surface area contributed by atoms with Crippen LogP contribution in [0.1, 0.15) is 22.2 Å². The lowest BCUT2D eigenvalue weighted by atomic mass is 10.2. The average Bonchev–Trinajstić information content (AvgIpc) is 2.98. The van der Waals surface area contributed by atoms with Gasteiger partial charge in [0.2, 0.25) is 0 Å². The van der Waals surface area contributed by atoms with Gasteiger partial charge in [-0.25, -0.2) is 9.18 Å². The van der Waals surface area contributed by atoms with Gasteiger partial charge in [0.05, 0.1) is 5.02 Å². The highest BCUT2D eigenvalue weighted by atomic mass is 35.5. The largest absolute Gasteiger partial charge is 0.448 e. The van der Waals surface area contributed by atoms with Crippen LogP contribution >= 0.6 is 22.9 Å². The summed E-state index contributed by atoms with van der Waals surface area (Å²) < 4.78 is 19.5. The Morgan fingerprint density at radius 3 is 2.67 bits per heavy atom. The Labute approximate surface area is 165 Å². The summed E-state index contributed by atoms with van der Waals surface area (Å²) in [5.41, 5.74) is 0.650. The summed E-state index contributed by atoms with van der Waals surface area (Å²) >= 11 is 7.50. The van der Waals surface area contributed by atoms with Crippen molar-refractivity contribution in [1.29, 1.82) is 0 Å². The molecule has 0 fully saturated rings. The monoisotopic (exact) mass is 405 g/mol. The van der Waals surface area contributed by atoms with Crippen LogP contribution in [-0.2, 0) is 16.1 Å². The number of carbonyl (C=O) groups excluding carboxylic acids is 2. The molecule has 3 rings (SSSR count). The van der Waals surface area contributed by atoms with Crippen molar-refractivity contribution in [2.24, 2.45) is 0 Å². The first-order valence-electron chi connectivity index (χ1n) is 8.24. The summed E-state index contributed by atoms with van der Waals surface area (Å²) in [7, 11) is 1.57. The molecule has 3 aromatic rings. The summed E-state index contributed by atoms with van der Waals surface area (Å²) in [6, 6.07) is 13.4. The molecule has 0 aliphatic carbocycles. The number of ether oxygens (including phenoxy) is 1. The van der Waals surface area contributed by atoms with Gasteiger partial charge in [0.15, 0.2) is 6.10 Å². The van der Waals surface area contributed by atoms with Gasteiger partial charge in [-0.05, 0) is 30.7 Å². The molecular formula is C20H17ClFNO3S. The SMILES string of the molecule is CC(OC(=O)c1sc2ccccc2c1Cl)C(=O)N(C)Cc1cccc(F)c1. The normalized spacial score (nSPS) is 12.0. The van der Waals surface area contributed by atoms with Crippen molar-refractivity contribution in [3.8, 4) is 0 Å². The maximum atomic E-state index is 13.3. The van der Waals surface area contributed by atoms with E-state index in [1.54, 1.807) is 19.2 Å². The number of hydrogen-bond acceptors (Lipinski definition) is 4. The van der Waals surface area contributed by atoms with Crippen LogP contribution in [0.4, 0.5) is 4.39 Å². The van der Waals surface area contributed by atoms with E-state index in [2.05, 4.69) is 0 Å². The van der Waals surface area contributed by atoms with Crippen LogP contribution in [0.3, 0.4) is 0 Å². The number of fused-ring (bicyclic) bond motifs is 1. The van der Waals surface area contributed by atoms with Gasteiger partial charge in [0.25, 0.3) is 5.91 Å². The van der Waals surface area contributed by atoms with Crippen molar-refractivity contribution in [2.75, 3.05) is 7.05 Å². The summed E-state index contributed by atoms with van der Waals surface area (Å²) in [5.74, 6) is -1.39. The van der Waals surface area contributed by atoms with Crippen LogP contribution in [0.2, 0.25) is 5.02 Å². The standard InChI is InChI=1S/C20H17ClFNO3S/c1-12(19(24)23(2)11-13-6-5-7-14(22)10-13)26-20(25)18-17(21)15-8-3-4-9-16(15)27-18/h3-10,12H,11H2,1-2H3. The molecule has 0 radical (unpaired) electrons. The molecule has 1 atom stereocenters. The minimum Gasteiger partial charge on any atom is -0.448 e. The third-order valence-corrected chi connectivity index (χ3v) is 5.69. The van der Waals surface area contributed by atoms with Crippen molar-refractivity contribution in [3.63, 3.8) is 0 Å². The first-order chi connectivity index (χ1) is 12.9. The lowest BCUT2D eigenvalue weighted by Crippen LogP contribution is -2.37.